The Balaban J connectivity index is 0. The molecule has 5 heavy (non-hydrogen) atoms. The van der Waals surface area contributed by atoms with E-state index in [1.54, 1.807) is 0 Å². The van der Waals surface area contributed by atoms with E-state index < -0.39 is 0 Å². The van der Waals surface area contributed by atoms with Gasteiger partial charge in [0.25, 0.3) is 0 Å². The fourth-order valence-electron chi connectivity index (χ4n) is 0. The third-order valence-corrected chi connectivity index (χ3v) is 0. The fraction of sp³-hybridized carbons (Fsp3) is 0.500. The van der Waals surface area contributed by atoms with Gasteiger partial charge in [-0.3, -0.25) is 5.41 Å². The van der Waals surface area contributed by atoms with Gasteiger partial charge in [0.2, 0.25) is 0 Å². The Morgan fingerprint density at radius 1 is 1.80 bits per heavy atom. The molecule has 0 rings (SSSR count). The second kappa shape index (κ2) is 3.99. The average molecular weight is 113 g/mol. The number of rotatable bonds is 0. The van der Waals surface area contributed by atoms with E-state index in [1.807, 2.05) is 0 Å². The molecular weight excluding hydrogens is 107 g/mol. The van der Waals surface area contributed by atoms with Crippen LogP contribution in [0.2, 0.25) is 0 Å². The molecule has 0 amide bonds. The van der Waals surface area contributed by atoms with Gasteiger partial charge >= 0.3 is 17.1 Å². The van der Waals surface area contributed by atoms with Crippen molar-refractivity contribution in [2.75, 3.05) is 0 Å². The smallest absolute Gasteiger partial charge is 0.388 e. The zero-order valence-corrected chi connectivity index (χ0v) is 4.14. The van der Waals surface area contributed by atoms with Crippen molar-refractivity contribution in [2.24, 2.45) is 5.73 Å². The minimum Gasteiger partial charge on any atom is -0.388 e. The third-order valence-electron chi connectivity index (χ3n) is 0. The first kappa shape index (κ1) is 8.89. The van der Waals surface area contributed by atoms with Crippen molar-refractivity contribution in [3.8, 4) is 0 Å². The summed E-state index contributed by atoms with van der Waals surface area (Å²) in [7, 11) is 0. The third kappa shape index (κ3) is 143000. The number of nitrogens with two attached hydrogens (primary N) is 1. The van der Waals surface area contributed by atoms with Gasteiger partial charge in [-0.05, 0) is 6.92 Å². The standard InChI is InChI=1S/C2H6N2.Mn/c1-2(3)4;/h1H3,(H3,3,4);/q;+2. The molecule has 0 saturated heterocycles. The van der Waals surface area contributed by atoms with Crippen LogP contribution in [0.5, 0.6) is 0 Å². The Kier molecular flexibility index (Phi) is 7.09. The molecule has 0 saturated carbocycles. The minimum atomic E-state index is 0. The van der Waals surface area contributed by atoms with Crippen LogP contribution in [-0.2, 0) is 17.1 Å². The van der Waals surface area contributed by atoms with Crippen LogP contribution >= 0.6 is 0 Å². The molecule has 3 heteroatoms. The Labute approximate surface area is 41.7 Å². The Bertz CT molecular complexity index is 30.6. The van der Waals surface area contributed by atoms with E-state index in [2.05, 4.69) is 0 Å². The molecule has 0 unspecified atom stereocenters. The Morgan fingerprint density at radius 3 is 1.80 bits per heavy atom. The summed E-state index contributed by atoms with van der Waals surface area (Å²) >= 11 is 0. The van der Waals surface area contributed by atoms with Crippen molar-refractivity contribution in [1.82, 2.24) is 0 Å². The van der Waals surface area contributed by atoms with Gasteiger partial charge in [0.1, 0.15) is 0 Å². The molecule has 0 aliphatic rings. The topological polar surface area (TPSA) is 49.9 Å². The van der Waals surface area contributed by atoms with Crippen molar-refractivity contribution in [2.45, 2.75) is 6.92 Å². The van der Waals surface area contributed by atoms with Gasteiger partial charge in [0.05, 0.1) is 5.84 Å². The van der Waals surface area contributed by atoms with E-state index >= 15 is 0 Å². The molecule has 0 aliphatic heterocycles. The fourth-order valence-corrected chi connectivity index (χ4v) is 0. The molecule has 0 heterocycles. The molecule has 0 aliphatic carbocycles. The van der Waals surface area contributed by atoms with Crippen LogP contribution in [0.3, 0.4) is 0 Å². The van der Waals surface area contributed by atoms with Crippen molar-refractivity contribution in [1.29, 1.82) is 5.41 Å². The van der Waals surface area contributed by atoms with E-state index in [9.17, 15) is 0 Å². The maximum Gasteiger partial charge on any atom is 2.00 e. The summed E-state index contributed by atoms with van der Waals surface area (Å²) in [5.41, 5.74) is 4.69. The molecule has 0 atom stereocenters. The van der Waals surface area contributed by atoms with Crippen LogP contribution in [0.25, 0.3) is 0 Å². The summed E-state index contributed by atoms with van der Waals surface area (Å²) in [6.07, 6.45) is 0. The monoisotopic (exact) mass is 113 g/mol. The molecule has 0 aromatic heterocycles. The molecule has 1 radical (unpaired) electrons. The van der Waals surface area contributed by atoms with Crippen molar-refractivity contribution in [3.63, 3.8) is 0 Å². The average Bonchev–Trinajstić information content (AvgIpc) is 0.811. The van der Waals surface area contributed by atoms with Crippen LogP contribution in [0, 0.1) is 5.41 Å². The number of amidine groups is 1. The summed E-state index contributed by atoms with van der Waals surface area (Å²) in [6.45, 7) is 1.53. The summed E-state index contributed by atoms with van der Waals surface area (Å²) in [6, 6.07) is 0. The normalized spacial score (nSPS) is 5.00. The Morgan fingerprint density at radius 2 is 1.80 bits per heavy atom. The number of nitrogens with one attached hydrogen (secondary N) is 1. The molecule has 3 N–H and O–H groups in total. The summed E-state index contributed by atoms with van der Waals surface area (Å²) in [4.78, 5) is 0. The minimum absolute atomic E-state index is 0. The second-order valence-corrected chi connectivity index (χ2v) is 0.683. The molecule has 0 fully saturated rings. The number of hydrogen-bond acceptors (Lipinski definition) is 1. The second-order valence-electron chi connectivity index (χ2n) is 0.683. The predicted molar refractivity (Wildman–Crippen MR) is 17.6 cm³/mol. The Hall–Kier alpha value is -0.0105. The van der Waals surface area contributed by atoms with Gasteiger partial charge in [-0.2, -0.15) is 0 Å². The van der Waals surface area contributed by atoms with Crippen LogP contribution < -0.4 is 5.73 Å². The molecule has 0 bridgehead atoms. The van der Waals surface area contributed by atoms with Crippen LogP contribution in [-0.4, -0.2) is 5.84 Å². The van der Waals surface area contributed by atoms with Crippen LogP contribution in [0.1, 0.15) is 6.92 Å². The summed E-state index contributed by atoms with van der Waals surface area (Å²) < 4.78 is 0. The van der Waals surface area contributed by atoms with E-state index in [0.717, 1.165) is 0 Å². The summed E-state index contributed by atoms with van der Waals surface area (Å²) in [5, 5.41) is 6.28. The molecule has 29 valence electrons. The SMILES string of the molecule is CC(=N)N.[Mn+2]. The first-order valence-electron chi connectivity index (χ1n) is 1.04. The zero-order chi connectivity index (χ0) is 3.58. The van der Waals surface area contributed by atoms with E-state index in [4.69, 9.17) is 11.1 Å². The van der Waals surface area contributed by atoms with Crippen molar-refractivity contribution >= 4 is 5.84 Å². The maximum absolute atomic E-state index is 6.28. The maximum atomic E-state index is 6.28. The van der Waals surface area contributed by atoms with Crippen molar-refractivity contribution < 1.29 is 17.1 Å². The van der Waals surface area contributed by atoms with Gasteiger partial charge in [0, 0.05) is 0 Å². The molecule has 2 nitrogen and oxygen atoms in total. The van der Waals surface area contributed by atoms with Gasteiger partial charge < -0.3 is 5.73 Å². The van der Waals surface area contributed by atoms with E-state index in [-0.39, 0.29) is 22.9 Å². The summed E-state index contributed by atoms with van der Waals surface area (Å²) in [5.74, 6) is 0.167. The van der Waals surface area contributed by atoms with Gasteiger partial charge in [-0.15, -0.1) is 0 Å². The van der Waals surface area contributed by atoms with Gasteiger partial charge in [-0.25, -0.2) is 0 Å². The largest absolute Gasteiger partial charge is 2.00 e. The first-order valence-corrected chi connectivity index (χ1v) is 1.04. The molecular formula is C2H6MnN2+2. The predicted octanol–water partition coefficient (Wildman–Crippen LogP) is -0.0602. The van der Waals surface area contributed by atoms with Gasteiger partial charge in [-0.1, -0.05) is 0 Å². The molecule has 0 aromatic rings. The number of hydrogen-bond donors (Lipinski definition) is 2. The van der Waals surface area contributed by atoms with Crippen LogP contribution in [0.15, 0.2) is 0 Å². The van der Waals surface area contributed by atoms with Crippen LogP contribution in [0.4, 0.5) is 0 Å². The van der Waals surface area contributed by atoms with Gasteiger partial charge in [0.15, 0.2) is 0 Å². The first-order chi connectivity index (χ1) is 1.73. The van der Waals surface area contributed by atoms with E-state index in [0.29, 0.717) is 0 Å². The molecule has 0 aromatic carbocycles. The van der Waals surface area contributed by atoms with Crippen molar-refractivity contribution in [3.05, 3.63) is 0 Å². The quantitative estimate of drug-likeness (QED) is 0.258. The van der Waals surface area contributed by atoms with E-state index in [1.165, 1.54) is 6.92 Å². The zero-order valence-electron chi connectivity index (χ0n) is 2.96. The molecule has 0 spiro atoms.